The summed E-state index contributed by atoms with van der Waals surface area (Å²) in [6, 6.07) is 2.13. The summed E-state index contributed by atoms with van der Waals surface area (Å²) in [6.45, 7) is 9.25. The van der Waals surface area contributed by atoms with E-state index in [1.807, 2.05) is 31.0 Å². The van der Waals surface area contributed by atoms with Crippen molar-refractivity contribution in [1.29, 1.82) is 0 Å². The van der Waals surface area contributed by atoms with Gasteiger partial charge < -0.3 is 0 Å². The molecule has 2 aromatic rings. The van der Waals surface area contributed by atoms with Gasteiger partial charge in [0.05, 0.1) is 0 Å². The maximum absolute atomic E-state index is 14.4. The Balaban J connectivity index is 1.15. The zero-order chi connectivity index (χ0) is 34.7. The second kappa shape index (κ2) is 14.3. The molecule has 11 nitrogen and oxygen atoms in total. The number of aromatic nitrogens is 5. The van der Waals surface area contributed by atoms with E-state index in [-0.39, 0.29) is 70.3 Å². The van der Waals surface area contributed by atoms with Crippen molar-refractivity contribution in [2.24, 2.45) is 18.9 Å². The van der Waals surface area contributed by atoms with Crippen molar-refractivity contribution in [1.82, 2.24) is 39.7 Å². The van der Waals surface area contributed by atoms with E-state index in [0.717, 1.165) is 71.9 Å². The molecule has 2 amide bonds. The molecule has 7 rings (SSSR count). The number of ether oxygens (including phenoxy) is 1. The number of hydrogen-bond donors (Lipinski definition) is 2. The number of carbonyl (C=O) groups excluding carboxylic acids is 2. The third-order valence-corrected chi connectivity index (χ3v) is 27.7. The first-order valence-corrected chi connectivity index (χ1v) is 29.6. The molecule has 0 spiro atoms. The van der Waals surface area contributed by atoms with E-state index < -0.39 is 18.0 Å². The molecule has 2 aliphatic heterocycles. The van der Waals surface area contributed by atoms with Gasteiger partial charge >= 0.3 is 302 Å². The van der Waals surface area contributed by atoms with E-state index >= 15 is 0 Å². The fraction of sp³-hybridized carbons (Fsp3) is 0.647. The SMILES string of the molecule is C=I1(C)C2=C(C[C@@H](n3cnnc3[N+]3(c4cc(O[C@@H](C)I)nn4C)CC3)CC2)C(C(=O)NCC2CC([I-]CC)([I-]CC)C2)=C1NC(=O)C1CC1. The van der Waals surface area contributed by atoms with Crippen LogP contribution in [0.15, 0.2) is 30.8 Å². The molecule has 3 fully saturated rings. The van der Waals surface area contributed by atoms with Crippen molar-refractivity contribution in [3.63, 3.8) is 0 Å². The molecular weight excluding hydrogens is 1080 g/mol. The number of allylic oxidation sites excluding steroid dienone is 1. The van der Waals surface area contributed by atoms with Gasteiger partial charge in [0.25, 0.3) is 0 Å². The molecule has 2 N–H and O–H groups in total. The van der Waals surface area contributed by atoms with Gasteiger partial charge in [-0.3, -0.25) is 0 Å². The van der Waals surface area contributed by atoms with Gasteiger partial charge in [-0.25, -0.2) is 0 Å². The van der Waals surface area contributed by atoms with Gasteiger partial charge in [-0.15, -0.1) is 0 Å². The minimum atomic E-state index is -3.05. The average Bonchev–Trinajstić information content (AvgIpc) is 3.94. The number of halogens is 4. The Morgan fingerprint density at radius 1 is 1.22 bits per heavy atom. The first kappa shape index (κ1) is 36.7. The van der Waals surface area contributed by atoms with Gasteiger partial charge in [-0.2, -0.15) is 0 Å². The quantitative estimate of drug-likeness (QED) is 0.0835. The molecule has 1 saturated heterocycles. The number of aryl methyl sites for hydroxylation is 1. The topological polar surface area (TPSA) is 116 Å². The summed E-state index contributed by atoms with van der Waals surface area (Å²) in [6.07, 6.45) is 8.81. The molecule has 5 aliphatic rings. The standard InChI is InChI=1S/C34H49I4N8O3/c1-7-36-34(37-8-2)17-22(18-34)19-39-32(48)29-25-15-24(11-12-26(25)38(4,5)30(29)41-31(47)23-9-10-23)45-20-40-42-33(45)46(13-14-46)28-16-27(43-44(28)6)49-21(3)35/h16,20-24H,4,7-15,17-19H2,1-3,5-6H3,(H,39,48)(H,41,47)/q-1/t21-,24-/m0/s1. The van der Waals surface area contributed by atoms with Crippen molar-refractivity contribution in [3.05, 3.63) is 30.8 Å². The molecule has 15 heteroatoms. The number of amides is 2. The van der Waals surface area contributed by atoms with E-state index in [9.17, 15) is 9.59 Å². The molecule has 3 aliphatic carbocycles. The molecule has 1 unspecified atom stereocenters. The summed E-state index contributed by atoms with van der Waals surface area (Å²) in [5.41, 5.74) is 1.84. The van der Waals surface area contributed by atoms with Crippen LogP contribution in [-0.4, -0.2) is 79.8 Å². The van der Waals surface area contributed by atoms with E-state index in [4.69, 9.17) is 14.4 Å². The van der Waals surface area contributed by atoms with Crippen LogP contribution in [0.25, 0.3) is 0 Å². The fourth-order valence-electron chi connectivity index (χ4n) is 7.72. The third kappa shape index (κ3) is 7.06. The number of rotatable bonds is 14. The monoisotopic (exact) mass is 1130 g/mol. The van der Waals surface area contributed by atoms with Crippen LogP contribution in [0, 0.1) is 11.8 Å². The molecular formula is C34H49I4N8O3-. The summed E-state index contributed by atoms with van der Waals surface area (Å²) < 4.78 is 21.1. The van der Waals surface area contributed by atoms with Crippen LogP contribution >= 0.6 is 40.6 Å². The Morgan fingerprint density at radius 2 is 1.94 bits per heavy atom. The van der Waals surface area contributed by atoms with Gasteiger partial charge in [-0.05, 0) is 29.5 Å². The predicted molar refractivity (Wildman–Crippen MR) is 203 cm³/mol. The van der Waals surface area contributed by atoms with Crippen LogP contribution < -0.4 is 62.3 Å². The zero-order valence-electron chi connectivity index (χ0n) is 29.1. The normalized spacial score (nSPS) is 27.8. The number of hydrogen-bond acceptors (Lipinski definition) is 6. The fourth-order valence-corrected chi connectivity index (χ4v) is 26.6. The van der Waals surface area contributed by atoms with Crippen molar-refractivity contribution in [2.75, 3.05) is 33.4 Å². The number of alkyl halides is 6. The Morgan fingerprint density at radius 3 is 2.57 bits per heavy atom. The summed E-state index contributed by atoms with van der Waals surface area (Å²) >= 11 is -0.309. The van der Waals surface area contributed by atoms with Crippen molar-refractivity contribution < 1.29 is 56.7 Å². The second-order valence-corrected chi connectivity index (χ2v) is 34.6. The van der Waals surface area contributed by atoms with E-state index in [1.54, 1.807) is 0 Å². The first-order valence-electron chi connectivity index (χ1n) is 17.3. The number of quaternary nitrogens is 1. The maximum atomic E-state index is 14.4. The van der Waals surface area contributed by atoms with Crippen LogP contribution in [-0.2, 0) is 16.6 Å². The molecule has 49 heavy (non-hydrogen) atoms. The molecule has 0 bridgehead atoms. The molecule has 272 valence electrons. The zero-order valence-corrected chi connectivity index (χ0v) is 37.7. The van der Waals surface area contributed by atoms with Crippen LogP contribution in [0.2, 0.25) is 0 Å². The Kier molecular flexibility index (Phi) is 10.7. The molecule has 3 atom stereocenters. The number of nitrogens with zero attached hydrogens (tertiary/aromatic N) is 6. The van der Waals surface area contributed by atoms with E-state index in [1.165, 1.54) is 25.3 Å². The Hall–Kier alpha value is -0.680. The minimum absolute atomic E-state index is 0.0107. The molecule has 2 saturated carbocycles. The van der Waals surface area contributed by atoms with Crippen LogP contribution in [0.4, 0.5) is 11.8 Å². The molecule has 0 radical (unpaired) electrons. The van der Waals surface area contributed by atoms with Gasteiger partial charge in [0.2, 0.25) is 0 Å². The molecule has 4 heterocycles. The van der Waals surface area contributed by atoms with Gasteiger partial charge in [0, 0.05) is 0 Å². The van der Waals surface area contributed by atoms with Crippen LogP contribution in [0.1, 0.15) is 71.8 Å². The predicted octanol–water partition coefficient (Wildman–Crippen LogP) is -0.901. The van der Waals surface area contributed by atoms with Crippen molar-refractivity contribution in [3.8, 4) is 5.88 Å². The first-order chi connectivity index (χ1) is 23.4. The van der Waals surface area contributed by atoms with Crippen LogP contribution in [0.3, 0.4) is 0 Å². The van der Waals surface area contributed by atoms with Gasteiger partial charge in [0.15, 0.2) is 0 Å². The Labute approximate surface area is 327 Å². The van der Waals surface area contributed by atoms with E-state index in [0.29, 0.717) is 24.1 Å². The summed E-state index contributed by atoms with van der Waals surface area (Å²) in [4.78, 5) is 29.9. The Bertz CT molecular complexity index is 1740. The van der Waals surface area contributed by atoms with Crippen molar-refractivity contribution in [2.45, 2.75) is 77.3 Å². The summed E-state index contributed by atoms with van der Waals surface area (Å²) in [7, 11) is 1.96. The molecule has 0 aromatic carbocycles. The van der Waals surface area contributed by atoms with Gasteiger partial charge in [0.1, 0.15) is 0 Å². The van der Waals surface area contributed by atoms with Crippen molar-refractivity contribution >= 4 is 68.6 Å². The number of nitrogens with one attached hydrogen (secondary N) is 2. The van der Waals surface area contributed by atoms with E-state index in [2.05, 4.69) is 66.8 Å². The summed E-state index contributed by atoms with van der Waals surface area (Å²) in [5.74, 6) is 3.23. The number of carbonyl (C=O) groups is 2. The van der Waals surface area contributed by atoms with Gasteiger partial charge in [-0.1, -0.05) is 0 Å². The third-order valence-electron chi connectivity index (χ3n) is 10.3. The molecule has 2 aromatic heterocycles. The average molecular weight is 1130 g/mol. The summed E-state index contributed by atoms with van der Waals surface area (Å²) in [5, 5.41) is 20.5. The van der Waals surface area contributed by atoms with Crippen LogP contribution in [0.5, 0.6) is 5.88 Å². The second-order valence-electron chi connectivity index (χ2n) is 14.0.